The molecule has 0 aromatic heterocycles. The number of nitrogens with zero attached hydrogens (tertiary/aromatic N) is 1. The maximum absolute atomic E-state index is 11.1. The minimum atomic E-state index is -3.53. The summed E-state index contributed by atoms with van der Waals surface area (Å²) in [5.74, 6) is 0. The fourth-order valence-electron chi connectivity index (χ4n) is 1.04. The van der Waals surface area contributed by atoms with Crippen molar-refractivity contribution in [3.63, 3.8) is 0 Å². The van der Waals surface area contributed by atoms with E-state index in [9.17, 15) is 8.42 Å². The van der Waals surface area contributed by atoms with Crippen LogP contribution in [0.25, 0.3) is 0 Å². The first-order valence-corrected chi connectivity index (χ1v) is 5.57. The summed E-state index contributed by atoms with van der Waals surface area (Å²) in [6, 6.07) is 0. The van der Waals surface area contributed by atoms with Crippen LogP contribution in [0.2, 0.25) is 0 Å². The molecule has 0 aliphatic carbocycles. The Morgan fingerprint density at radius 2 is 2.23 bits per heavy atom. The van der Waals surface area contributed by atoms with Gasteiger partial charge in [-0.3, -0.25) is 4.18 Å². The smallest absolute Gasteiger partial charge is 0.337 e. The van der Waals surface area contributed by atoms with Crippen LogP contribution in [-0.2, 0) is 19.2 Å². The summed E-state index contributed by atoms with van der Waals surface area (Å²) >= 11 is 0. The van der Waals surface area contributed by atoms with Crippen LogP contribution in [0.3, 0.4) is 0 Å². The molecule has 5 nitrogen and oxygen atoms in total. The highest BCUT2D eigenvalue weighted by Gasteiger charge is 2.21. The van der Waals surface area contributed by atoms with Crippen LogP contribution in [-0.4, -0.2) is 46.1 Å². The predicted molar refractivity (Wildman–Crippen MR) is 47.5 cm³/mol. The second-order valence-corrected chi connectivity index (χ2v) is 4.98. The van der Waals surface area contributed by atoms with Crippen molar-refractivity contribution in [3.8, 4) is 0 Å². The second-order valence-electron chi connectivity index (χ2n) is 3.16. The molecule has 1 unspecified atom stereocenters. The summed E-state index contributed by atoms with van der Waals surface area (Å²) in [7, 11) is -0.662. The van der Waals surface area contributed by atoms with Crippen molar-refractivity contribution in [1.82, 2.24) is 4.31 Å². The molecule has 0 spiro atoms. The highest BCUT2D eigenvalue weighted by molar-refractivity contribution is 7.84. The van der Waals surface area contributed by atoms with E-state index in [1.807, 2.05) is 0 Å². The Bertz CT molecular complexity index is 243. The van der Waals surface area contributed by atoms with Crippen molar-refractivity contribution >= 4 is 10.3 Å². The van der Waals surface area contributed by atoms with Gasteiger partial charge in [0.15, 0.2) is 0 Å². The van der Waals surface area contributed by atoms with Gasteiger partial charge in [-0.1, -0.05) is 0 Å². The lowest BCUT2D eigenvalue weighted by Gasteiger charge is -2.13. The first-order chi connectivity index (χ1) is 6.02. The Balaban J connectivity index is 2.33. The summed E-state index contributed by atoms with van der Waals surface area (Å²) in [4.78, 5) is 0. The molecule has 6 heteroatoms. The maximum Gasteiger partial charge on any atom is 0.337 e. The van der Waals surface area contributed by atoms with Crippen LogP contribution in [0.15, 0.2) is 0 Å². The molecule has 0 bridgehead atoms. The van der Waals surface area contributed by atoms with Crippen LogP contribution < -0.4 is 0 Å². The second kappa shape index (κ2) is 4.36. The van der Waals surface area contributed by atoms with Crippen LogP contribution in [0.4, 0.5) is 0 Å². The average molecular weight is 209 g/mol. The maximum atomic E-state index is 11.1. The van der Waals surface area contributed by atoms with Gasteiger partial charge < -0.3 is 4.74 Å². The van der Waals surface area contributed by atoms with Crippen LogP contribution in [0, 0.1) is 0 Å². The Hall–Kier alpha value is -0.170. The summed E-state index contributed by atoms with van der Waals surface area (Å²) in [6.07, 6.45) is 1.80. The first kappa shape index (κ1) is 10.9. The van der Waals surface area contributed by atoms with E-state index in [-0.39, 0.29) is 12.7 Å². The molecule has 1 aliphatic rings. The fraction of sp³-hybridized carbons (Fsp3) is 1.00. The topological polar surface area (TPSA) is 55.8 Å². The lowest BCUT2D eigenvalue weighted by molar-refractivity contribution is 0.0677. The largest absolute Gasteiger partial charge is 0.376 e. The molecule has 1 rings (SSSR count). The molecule has 13 heavy (non-hydrogen) atoms. The van der Waals surface area contributed by atoms with E-state index in [0.29, 0.717) is 6.61 Å². The van der Waals surface area contributed by atoms with Crippen molar-refractivity contribution < 1.29 is 17.3 Å². The molecule has 1 fully saturated rings. The first-order valence-electron chi connectivity index (χ1n) is 4.21. The predicted octanol–water partition coefficient (Wildman–Crippen LogP) is -0.0116. The van der Waals surface area contributed by atoms with Gasteiger partial charge in [-0.15, -0.1) is 0 Å². The Morgan fingerprint density at radius 3 is 2.69 bits per heavy atom. The van der Waals surface area contributed by atoms with E-state index in [4.69, 9.17) is 8.92 Å². The van der Waals surface area contributed by atoms with Gasteiger partial charge in [0.2, 0.25) is 0 Å². The third kappa shape index (κ3) is 3.22. The monoisotopic (exact) mass is 209 g/mol. The SMILES string of the molecule is CN(C)S(=O)(=O)OCC1CCCO1. The van der Waals surface area contributed by atoms with E-state index < -0.39 is 10.3 Å². The normalized spacial score (nSPS) is 24.1. The van der Waals surface area contributed by atoms with Gasteiger partial charge in [0.05, 0.1) is 12.7 Å². The molecule has 1 atom stereocenters. The van der Waals surface area contributed by atoms with E-state index in [0.717, 1.165) is 17.1 Å². The molecule has 0 radical (unpaired) electrons. The van der Waals surface area contributed by atoms with Gasteiger partial charge in [0, 0.05) is 20.7 Å². The van der Waals surface area contributed by atoms with Gasteiger partial charge in [-0.25, -0.2) is 0 Å². The van der Waals surface area contributed by atoms with Crippen molar-refractivity contribution in [2.24, 2.45) is 0 Å². The summed E-state index contributed by atoms with van der Waals surface area (Å²) < 4.78 is 33.3. The lowest BCUT2D eigenvalue weighted by Crippen LogP contribution is -2.28. The van der Waals surface area contributed by atoms with E-state index in [1.54, 1.807) is 0 Å². The third-order valence-corrected chi connectivity index (χ3v) is 3.20. The van der Waals surface area contributed by atoms with Crippen LogP contribution >= 0.6 is 0 Å². The zero-order valence-corrected chi connectivity index (χ0v) is 8.71. The third-order valence-electron chi connectivity index (χ3n) is 1.87. The zero-order chi connectivity index (χ0) is 9.90. The zero-order valence-electron chi connectivity index (χ0n) is 7.89. The summed E-state index contributed by atoms with van der Waals surface area (Å²) in [6.45, 7) is 0.830. The number of ether oxygens (including phenoxy) is 1. The molecule has 0 saturated carbocycles. The lowest BCUT2D eigenvalue weighted by atomic mass is 10.2. The molecular weight excluding hydrogens is 194 g/mol. The molecule has 0 aromatic rings. The number of hydrogen-bond donors (Lipinski definition) is 0. The minimum Gasteiger partial charge on any atom is -0.376 e. The Labute approximate surface area is 78.9 Å². The standard InChI is InChI=1S/C7H15NO4S/c1-8(2)13(9,10)12-6-7-4-3-5-11-7/h7H,3-6H2,1-2H3. The number of hydrogen-bond acceptors (Lipinski definition) is 4. The van der Waals surface area contributed by atoms with Crippen molar-refractivity contribution in [2.75, 3.05) is 27.3 Å². The van der Waals surface area contributed by atoms with Crippen molar-refractivity contribution in [1.29, 1.82) is 0 Å². The average Bonchev–Trinajstić information content (AvgIpc) is 2.52. The highest BCUT2D eigenvalue weighted by Crippen LogP contribution is 2.13. The Morgan fingerprint density at radius 1 is 1.54 bits per heavy atom. The minimum absolute atomic E-state index is 0.0604. The van der Waals surface area contributed by atoms with Gasteiger partial charge in [-0.05, 0) is 12.8 Å². The van der Waals surface area contributed by atoms with E-state index in [1.165, 1.54) is 14.1 Å². The number of rotatable bonds is 4. The van der Waals surface area contributed by atoms with Crippen molar-refractivity contribution in [3.05, 3.63) is 0 Å². The van der Waals surface area contributed by atoms with E-state index in [2.05, 4.69) is 0 Å². The van der Waals surface area contributed by atoms with Crippen LogP contribution in [0.5, 0.6) is 0 Å². The summed E-state index contributed by atoms with van der Waals surface area (Å²) in [5, 5.41) is 0. The van der Waals surface area contributed by atoms with Crippen molar-refractivity contribution in [2.45, 2.75) is 18.9 Å². The molecule has 0 amide bonds. The molecule has 1 saturated heterocycles. The van der Waals surface area contributed by atoms with E-state index >= 15 is 0 Å². The molecule has 1 aliphatic heterocycles. The highest BCUT2D eigenvalue weighted by atomic mass is 32.2. The van der Waals surface area contributed by atoms with Gasteiger partial charge >= 0.3 is 10.3 Å². The fourth-order valence-corrected chi connectivity index (χ4v) is 1.58. The van der Waals surface area contributed by atoms with Gasteiger partial charge in [-0.2, -0.15) is 12.7 Å². The molecule has 0 N–H and O–H groups in total. The van der Waals surface area contributed by atoms with Gasteiger partial charge in [0.1, 0.15) is 0 Å². The Kier molecular flexibility index (Phi) is 3.66. The summed E-state index contributed by atoms with van der Waals surface area (Å²) in [5.41, 5.74) is 0. The quantitative estimate of drug-likeness (QED) is 0.653. The van der Waals surface area contributed by atoms with Crippen LogP contribution in [0.1, 0.15) is 12.8 Å². The molecule has 1 heterocycles. The molecule has 78 valence electrons. The molecular formula is C7H15NO4S. The molecule has 0 aromatic carbocycles. The van der Waals surface area contributed by atoms with Gasteiger partial charge in [0.25, 0.3) is 0 Å².